The molecule has 7 nitrogen and oxygen atoms in total. The Morgan fingerprint density at radius 2 is 1.74 bits per heavy atom. The van der Waals surface area contributed by atoms with Crippen molar-refractivity contribution < 1.29 is 23.9 Å². The van der Waals surface area contributed by atoms with Crippen LogP contribution in [0, 0.1) is 0 Å². The summed E-state index contributed by atoms with van der Waals surface area (Å²) in [5, 5.41) is 2.91. The van der Waals surface area contributed by atoms with Crippen molar-refractivity contribution in [2.45, 2.75) is 45.3 Å². The number of nitrogens with zero attached hydrogens (tertiary/aromatic N) is 1. The van der Waals surface area contributed by atoms with E-state index in [1.54, 1.807) is 24.3 Å². The number of carbonyl (C=O) groups excluding carboxylic acids is 4. The summed E-state index contributed by atoms with van der Waals surface area (Å²) in [4.78, 5) is 50.7. The fraction of sp³-hybridized carbons (Fsp3) is 0.333. The number of nitrogens with one attached hydrogen (secondary N) is 1. The molecule has 2 aromatic rings. The first-order valence-electron chi connectivity index (χ1n) is 10.4. The summed E-state index contributed by atoms with van der Waals surface area (Å²) in [6, 6.07) is 16.2. The molecule has 1 aliphatic heterocycles. The molecule has 3 rings (SSSR count). The van der Waals surface area contributed by atoms with Gasteiger partial charge in [-0.3, -0.25) is 24.1 Å². The quantitative estimate of drug-likeness (QED) is 0.522. The highest BCUT2D eigenvalue weighted by atomic mass is 16.5. The number of carbonyl (C=O) groups is 4. The van der Waals surface area contributed by atoms with Gasteiger partial charge in [0.25, 0.3) is 11.8 Å². The van der Waals surface area contributed by atoms with Crippen molar-refractivity contribution >= 4 is 23.7 Å². The number of imide groups is 1. The predicted octanol–water partition coefficient (Wildman–Crippen LogP) is 2.80. The van der Waals surface area contributed by atoms with Gasteiger partial charge in [0, 0.05) is 5.56 Å². The summed E-state index contributed by atoms with van der Waals surface area (Å²) in [5.74, 6) is -2.24. The zero-order chi connectivity index (χ0) is 22.4. The van der Waals surface area contributed by atoms with Gasteiger partial charge in [-0.15, -0.1) is 0 Å². The Bertz CT molecular complexity index is 973. The fourth-order valence-electron chi connectivity index (χ4n) is 3.56. The number of fused-ring (bicyclic) bond motifs is 1. The van der Waals surface area contributed by atoms with Crippen molar-refractivity contribution in [1.82, 2.24) is 10.2 Å². The molecule has 2 aromatic carbocycles. The maximum Gasteiger partial charge on any atom is 0.326 e. The fourth-order valence-corrected chi connectivity index (χ4v) is 3.56. The molecule has 0 saturated carbocycles. The average molecular weight is 422 g/mol. The molecule has 162 valence electrons. The second-order valence-electron chi connectivity index (χ2n) is 7.51. The van der Waals surface area contributed by atoms with Crippen LogP contribution in [0.3, 0.4) is 0 Å². The van der Waals surface area contributed by atoms with Crippen LogP contribution in [0.5, 0.6) is 0 Å². The van der Waals surface area contributed by atoms with E-state index in [0.29, 0.717) is 11.1 Å². The number of rotatable bonds is 8. The molecule has 0 spiro atoms. The summed E-state index contributed by atoms with van der Waals surface area (Å²) in [6.45, 7) is 2.97. The summed E-state index contributed by atoms with van der Waals surface area (Å²) < 4.78 is 5.22. The molecule has 0 saturated heterocycles. The van der Waals surface area contributed by atoms with Gasteiger partial charge in [0.2, 0.25) is 5.91 Å². The highest BCUT2D eigenvalue weighted by Gasteiger charge is 2.33. The monoisotopic (exact) mass is 422 g/mol. The van der Waals surface area contributed by atoms with Gasteiger partial charge in [-0.2, -0.15) is 0 Å². The third kappa shape index (κ3) is 5.36. The Kier molecular flexibility index (Phi) is 7.18. The molecular formula is C24H26N2O5. The van der Waals surface area contributed by atoms with Gasteiger partial charge in [0.05, 0.1) is 12.5 Å². The Balaban J connectivity index is 1.59. The Morgan fingerprint density at radius 1 is 1.06 bits per heavy atom. The highest BCUT2D eigenvalue weighted by Crippen LogP contribution is 2.20. The summed E-state index contributed by atoms with van der Waals surface area (Å²) in [6.07, 6.45) is 0.597. The largest absolute Gasteiger partial charge is 0.451 e. The van der Waals surface area contributed by atoms with Gasteiger partial charge in [-0.1, -0.05) is 61.9 Å². The topological polar surface area (TPSA) is 92.8 Å². The molecule has 0 radical (unpaired) electrons. The van der Waals surface area contributed by atoms with Crippen molar-refractivity contribution in [3.05, 3.63) is 71.3 Å². The summed E-state index contributed by atoms with van der Waals surface area (Å²) in [7, 11) is 0. The predicted molar refractivity (Wildman–Crippen MR) is 114 cm³/mol. The lowest BCUT2D eigenvalue weighted by molar-refractivity contribution is -0.157. The average Bonchev–Trinajstić information content (AvgIpc) is 2.76. The Morgan fingerprint density at radius 3 is 2.45 bits per heavy atom. The zero-order valence-electron chi connectivity index (χ0n) is 17.7. The van der Waals surface area contributed by atoms with Crippen LogP contribution < -0.4 is 5.32 Å². The van der Waals surface area contributed by atoms with Crippen LogP contribution >= 0.6 is 0 Å². The molecular weight excluding hydrogens is 396 g/mol. The molecule has 0 fully saturated rings. The molecule has 0 aromatic heterocycles. The molecule has 3 amide bonds. The highest BCUT2D eigenvalue weighted by molar-refractivity contribution is 6.11. The van der Waals surface area contributed by atoms with Gasteiger partial charge in [0.1, 0.15) is 6.54 Å². The SMILES string of the molecule is CCC[C@H](NC(=O)[C@H](C)OC(=O)CN1C(=O)Cc2ccccc2C1=O)c1ccccc1. The second-order valence-corrected chi connectivity index (χ2v) is 7.51. The smallest absolute Gasteiger partial charge is 0.326 e. The summed E-state index contributed by atoms with van der Waals surface area (Å²) in [5.41, 5.74) is 2.00. The number of amides is 3. The Labute approximate surface area is 181 Å². The lowest BCUT2D eigenvalue weighted by atomic mass is 9.98. The van der Waals surface area contributed by atoms with E-state index in [0.717, 1.165) is 23.3 Å². The molecule has 1 aliphatic rings. The van der Waals surface area contributed by atoms with Crippen LogP contribution in [-0.4, -0.2) is 41.2 Å². The number of benzene rings is 2. The maximum atomic E-state index is 12.6. The van der Waals surface area contributed by atoms with E-state index in [1.165, 1.54) is 6.92 Å². The van der Waals surface area contributed by atoms with Crippen molar-refractivity contribution in [2.24, 2.45) is 0 Å². The first-order valence-corrected chi connectivity index (χ1v) is 10.4. The van der Waals surface area contributed by atoms with Crippen LogP contribution in [0.4, 0.5) is 0 Å². The minimum atomic E-state index is -1.06. The first-order chi connectivity index (χ1) is 14.9. The van der Waals surface area contributed by atoms with Gasteiger partial charge >= 0.3 is 5.97 Å². The third-order valence-electron chi connectivity index (χ3n) is 5.20. The zero-order valence-corrected chi connectivity index (χ0v) is 17.7. The van der Waals surface area contributed by atoms with Crippen LogP contribution in [0.1, 0.15) is 54.2 Å². The van der Waals surface area contributed by atoms with E-state index in [2.05, 4.69) is 5.32 Å². The second kappa shape index (κ2) is 10.0. The van der Waals surface area contributed by atoms with E-state index >= 15 is 0 Å². The number of esters is 1. The van der Waals surface area contributed by atoms with Crippen molar-refractivity contribution in [3.63, 3.8) is 0 Å². The van der Waals surface area contributed by atoms with Gasteiger partial charge in [0.15, 0.2) is 6.10 Å². The van der Waals surface area contributed by atoms with Crippen LogP contribution in [-0.2, 0) is 25.5 Å². The van der Waals surface area contributed by atoms with Gasteiger partial charge in [-0.05, 0) is 30.5 Å². The number of hydrogen-bond acceptors (Lipinski definition) is 5. The normalized spacial score (nSPS) is 15.1. The lowest BCUT2D eigenvalue weighted by Crippen LogP contribution is -2.46. The molecule has 0 aliphatic carbocycles. The van der Waals surface area contributed by atoms with Crippen LogP contribution in [0.15, 0.2) is 54.6 Å². The van der Waals surface area contributed by atoms with Gasteiger partial charge in [-0.25, -0.2) is 0 Å². The summed E-state index contributed by atoms with van der Waals surface area (Å²) >= 11 is 0. The van der Waals surface area contributed by atoms with E-state index in [-0.39, 0.29) is 12.5 Å². The van der Waals surface area contributed by atoms with E-state index in [9.17, 15) is 19.2 Å². The standard InChI is InChI=1S/C24H26N2O5/c1-3-9-20(17-10-5-4-6-11-17)25-23(29)16(2)31-22(28)15-26-21(27)14-18-12-7-8-13-19(18)24(26)30/h4-8,10-13,16,20H,3,9,14-15H2,1-2H3,(H,25,29)/t16-,20-/m0/s1. The number of hydrogen-bond donors (Lipinski definition) is 1. The van der Waals surface area contributed by atoms with Crippen molar-refractivity contribution in [1.29, 1.82) is 0 Å². The molecule has 1 heterocycles. The maximum absolute atomic E-state index is 12.6. The van der Waals surface area contributed by atoms with E-state index in [1.807, 2.05) is 37.3 Å². The minimum Gasteiger partial charge on any atom is -0.451 e. The lowest BCUT2D eigenvalue weighted by Gasteiger charge is -2.26. The molecule has 1 N–H and O–H groups in total. The molecule has 2 atom stereocenters. The van der Waals surface area contributed by atoms with E-state index < -0.39 is 36.3 Å². The minimum absolute atomic E-state index is 0.0427. The molecule has 7 heteroatoms. The number of ether oxygens (including phenoxy) is 1. The van der Waals surface area contributed by atoms with Crippen molar-refractivity contribution in [2.75, 3.05) is 6.54 Å². The van der Waals surface area contributed by atoms with Crippen molar-refractivity contribution in [3.8, 4) is 0 Å². The van der Waals surface area contributed by atoms with Crippen LogP contribution in [0.2, 0.25) is 0 Å². The van der Waals surface area contributed by atoms with E-state index in [4.69, 9.17) is 4.74 Å². The molecule has 0 bridgehead atoms. The Hall–Kier alpha value is -3.48. The van der Waals surface area contributed by atoms with Crippen LogP contribution in [0.25, 0.3) is 0 Å². The molecule has 0 unspecified atom stereocenters. The third-order valence-corrected chi connectivity index (χ3v) is 5.20. The first kappa shape index (κ1) is 22.2. The molecule has 31 heavy (non-hydrogen) atoms. The van der Waals surface area contributed by atoms with Gasteiger partial charge < -0.3 is 10.1 Å².